The van der Waals surface area contributed by atoms with Gasteiger partial charge in [-0.05, 0) is 114 Å². The summed E-state index contributed by atoms with van der Waals surface area (Å²) in [5, 5.41) is 15.0. The van der Waals surface area contributed by atoms with E-state index in [0.29, 0.717) is 12.3 Å². The van der Waals surface area contributed by atoms with Gasteiger partial charge in [0.05, 0.1) is 16.9 Å². The van der Waals surface area contributed by atoms with E-state index in [-0.39, 0.29) is 5.92 Å². The van der Waals surface area contributed by atoms with Gasteiger partial charge in [0.1, 0.15) is 11.3 Å². The number of aryl methyl sites for hydroxylation is 1. The van der Waals surface area contributed by atoms with Crippen molar-refractivity contribution in [3.63, 3.8) is 0 Å². The van der Waals surface area contributed by atoms with E-state index in [1.165, 1.54) is 61.1 Å². The van der Waals surface area contributed by atoms with Crippen LogP contribution < -0.4 is 5.32 Å². The highest BCUT2D eigenvalue weighted by atomic mass is 16.3. The highest BCUT2D eigenvalue weighted by molar-refractivity contribution is 6.10. The lowest BCUT2D eigenvalue weighted by Crippen LogP contribution is -2.14. The first-order chi connectivity index (χ1) is 27.7. The van der Waals surface area contributed by atoms with E-state index in [1.807, 2.05) is 54.6 Å². The summed E-state index contributed by atoms with van der Waals surface area (Å²) >= 11 is 0. The molecule has 0 radical (unpaired) electrons. The van der Waals surface area contributed by atoms with Crippen LogP contribution >= 0.6 is 0 Å². The molecule has 0 amide bonds. The predicted molar refractivity (Wildman–Crippen MR) is 233 cm³/mol. The molecular weight excluding hydrogens is 683 g/mol. The summed E-state index contributed by atoms with van der Waals surface area (Å²) < 4.78 is 8.68. The number of benzene rings is 5. The van der Waals surface area contributed by atoms with Gasteiger partial charge in [0.25, 0.3) is 0 Å². The summed E-state index contributed by atoms with van der Waals surface area (Å²) in [6.07, 6.45) is 20.7. The van der Waals surface area contributed by atoms with Crippen LogP contribution in [0.5, 0.6) is 0 Å². The zero-order chi connectivity index (χ0) is 37.4. The molecule has 1 unspecified atom stereocenters. The third-order valence-corrected chi connectivity index (χ3v) is 11.7. The number of furan rings is 1. The van der Waals surface area contributed by atoms with Gasteiger partial charge in [-0.1, -0.05) is 127 Å². The van der Waals surface area contributed by atoms with Crippen LogP contribution in [0, 0.1) is 5.41 Å². The van der Waals surface area contributed by atoms with Crippen LogP contribution in [-0.4, -0.2) is 10.3 Å². The van der Waals surface area contributed by atoms with Gasteiger partial charge in [-0.15, -0.1) is 0 Å². The van der Waals surface area contributed by atoms with E-state index in [0.717, 1.165) is 60.3 Å². The fraction of sp³-hybridized carbons (Fsp3) is 0.135. The lowest BCUT2D eigenvalue weighted by molar-refractivity contribution is 0.595. The van der Waals surface area contributed by atoms with Gasteiger partial charge < -0.3 is 19.7 Å². The lowest BCUT2D eigenvalue weighted by Gasteiger charge is -2.23. The number of fused-ring (bicyclic) bond motifs is 6. The first kappa shape index (κ1) is 33.9. The highest BCUT2D eigenvalue weighted by Gasteiger charge is 2.28. The molecule has 3 aliphatic carbocycles. The Bertz CT molecular complexity index is 2770. The molecule has 0 saturated carbocycles. The van der Waals surface area contributed by atoms with Crippen molar-refractivity contribution >= 4 is 56.7 Å². The van der Waals surface area contributed by atoms with Gasteiger partial charge in [0.2, 0.25) is 0 Å². The highest BCUT2D eigenvalue weighted by Crippen LogP contribution is 2.44. The molecule has 3 aliphatic rings. The average Bonchev–Trinajstić information content (AvgIpc) is 3.81. The minimum Gasteiger partial charge on any atom is -0.456 e. The second-order valence-corrected chi connectivity index (χ2v) is 15.1. The van der Waals surface area contributed by atoms with E-state index >= 15 is 0 Å². The van der Waals surface area contributed by atoms with E-state index < -0.39 is 0 Å². The molecular formula is C52H43N3O. The Morgan fingerprint density at radius 1 is 0.750 bits per heavy atom. The summed E-state index contributed by atoms with van der Waals surface area (Å²) in [5.41, 5.74) is 16.3. The van der Waals surface area contributed by atoms with Crippen molar-refractivity contribution < 1.29 is 4.42 Å². The van der Waals surface area contributed by atoms with Crippen LogP contribution in [0.2, 0.25) is 0 Å². The van der Waals surface area contributed by atoms with Gasteiger partial charge >= 0.3 is 0 Å². The molecule has 7 aromatic rings. The van der Waals surface area contributed by atoms with Crippen molar-refractivity contribution in [2.45, 2.75) is 44.6 Å². The van der Waals surface area contributed by atoms with E-state index in [4.69, 9.17) is 9.83 Å². The van der Waals surface area contributed by atoms with Crippen molar-refractivity contribution in [3.05, 3.63) is 208 Å². The topological polar surface area (TPSA) is 54.0 Å². The summed E-state index contributed by atoms with van der Waals surface area (Å²) in [6, 6.07) is 45.0. The molecule has 0 fully saturated rings. The van der Waals surface area contributed by atoms with Crippen LogP contribution in [0.1, 0.15) is 82.0 Å². The molecule has 1 atom stereocenters. The molecule has 272 valence electrons. The first-order valence-corrected chi connectivity index (χ1v) is 19.8. The van der Waals surface area contributed by atoms with Crippen LogP contribution in [0.25, 0.3) is 51.0 Å². The standard InChI is InChI=1S/C52H43N3O/c53-46(38-12-3-1-4-13-38)33-47(39-14-5-2-6-15-39)54-34-35-22-24-37(25-23-35)42-18-11-20-49-52(42)44-17-7-9-19-48(44)55(49)41-29-26-36(27-30-41)40-28-31-51-45(32-40)43-16-8-10-21-50(43)56-51/h1-7,9-15,17,19-26,28-29,31-33,42,53-54H,8,16,18,27,30,34H2/b47-33-,53-46?. The summed E-state index contributed by atoms with van der Waals surface area (Å²) in [7, 11) is 0. The molecule has 2 heterocycles. The zero-order valence-electron chi connectivity index (χ0n) is 31.3. The second-order valence-electron chi connectivity index (χ2n) is 15.1. The number of hydrogen-bond acceptors (Lipinski definition) is 3. The maximum Gasteiger partial charge on any atom is 0.135 e. The number of rotatable bonds is 9. The van der Waals surface area contributed by atoms with Gasteiger partial charge in [-0.25, -0.2) is 0 Å². The van der Waals surface area contributed by atoms with Crippen LogP contribution in [0.4, 0.5) is 0 Å². The molecule has 4 heteroatoms. The smallest absolute Gasteiger partial charge is 0.135 e. The van der Waals surface area contributed by atoms with Crippen LogP contribution in [0.3, 0.4) is 0 Å². The van der Waals surface area contributed by atoms with Gasteiger partial charge in [-0.3, -0.25) is 0 Å². The Hall–Kier alpha value is -6.65. The number of para-hydroxylation sites is 1. The number of nitrogens with one attached hydrogen (secondary N) is 2. The van der Waals surface area contributed by atoms with E-state index in [9.17, 15) is 0 Å². The van der Waals surface area contributed by atoms with Crippen LogP contribution in [0.15, 0.2) is 162 Å². The molecule has 4 nitrogen and oxygen atoms in total. The summed E-state index contributed by atoms with van der Waals surface area (Å²) in [4.78, 5) is 0. The zero-order valence-corrected chi connectivity index (χ0v) is 31.3. The number of nitrogens with zero attached hydrogens (tertiary/aromatic N) is 1. The monoisotopic (exact) mass is 725 g/mol. The van der Waals surface area contributed by atoms with Crippen LogP contribution in [-0.2, 0) is 13.0 Å². The Morgan fingerprint density at radius 2 is 1.54 bits per heavy atom. The first-order valence-electron chi connectivity index (χ1n) is 19.8. The van der Waals surface area contributed by atoms with Crippen molar-refractivity contribution in [3.8, 4) is 0 Å². The minimum absolute atomic E-state index is 0.270. The number of aromatic nitrogens is 1. The SMILES string of the molecule is N=C(/C=C(\NCc1ccc(C2CC=Cc3c2c2ccccc2n3C2=CC=C(c3ccc4oc5c(c4c3)CCC=C5)CC2)cc1)c1ccccc1)c1ccccc1. The molecule has 0 aliphatic heterocycles. The van der Waals surface area contributed by atoms with Gasteiger partial charge in [0.15, 0.2) is 0 Å². The minimum atomic E-state index is 0.270. The Balaban J connectivity index is 0.923. The molecule has 2 N–H and O–H groups in total. The number of hydrogen-bond donors (Lipinski definition) is 2. The van der Waals surface area contributed by atoms with E-state index in [1.54, 1.807) is 0 Å². The molecule has 5 aromatic carbocycles. The molecule has 2 aromatic heterocycles. The summed E-state index contributed by atoms with van der Waals surface area (Å²) in [5.74, 6) is 1.29. The third-order valence-electron chi connectivity index (χ3n) is 11.7. The quantitative estimate of drug-likeness (QED) is 0.146. The maximum atomic E-state index is 8.77. The average molecular weight is 726 g/mol. The van der Waals surface area contributed by atoms with Gasteiger partial charge in [-0.2, -0.15) is 0 Å². The summed E-state index contributed by atoms with van der Waals surface area (Å²) in [6.45, 7) is 0.664. The molecule has 0 saturated heterocycles. The Morgan fingerprint density at radius 3 is 2.34 bits per heavy atom. The molecule has 0 bridgehead atoms. The molecule has 0 spiro atoms. The Labute approximate surface area is 328 Å². The fourth-order valence-electron chi connectivity index (χ4n) is 8.86. The molecule has 56 heavy (non-hydrogen) atoms. The largest absolute Gasteiger partial charge is 0.456 e. The van der Waals surface area contributed by atoms with Crippen molar-refractivity contribution in [1.82, 2.24) is 9.88 Å². The fourth-order valence-corrected chi connectivity index (χ4v) is 8.86. The third kappa shape index (κ3) is 6.27. The molecule has 10 rings (SSSR count). The maximum absolute atomic E-state index is 8.77. The lowest BCUT2D eigenvalue weighted by atomic mass is 9.83. The van der Waals surface area contributed by atoms with Crippen molar-refractivity contribution in [1.29, 1.82) is 5.41 Å². The Kier molecular flexibility index (Phi) is 8.80. The normalized spacial score (nSPS) is 16.4. The van der Waals surface area contributed by atoms with Gasteiger partial charge in [0, 0.05) is 40.2 Å². The second kappa shape index (κ2) is 14.5. The van der Waals surface area contributed by atoms with Crippen molar-refractivity contribution in [2.24, 2.45) is 0 Å². The van der Waals surface area contributed by atoms with E-state index in [2.05, 4.69) is 125 Å². The van der Waals surface area contributed by atoms with Crippen molar-refractivity contribution in [2.75, 3.05) is 0 Å². The number of allylic oxidation sites excluding steroid dienone is 7. The predicted octanol–water partition coefficient (Wildman–Crippen LogP) is 12.8.